The van der Waals surface area contributed by atoms with E-state index in [0.717, 1.165) is 5.92 Å². The lowest BCUT2D eigenvalue weighted by Gasteiger charge is -2.32. The molecule has 0 atom stereocenters. The minimum absolute atomic E-state index is 0.375. The van der Waals surface area contributed by atoms with Gasteiger partial charge in [0.25, 0.3) is 0 Å². The monoisotopic (exact) mass is 196 g/mol. The van der Waals surface area contributed by atoms with Crippen molar-refractivity contribution in [1.29, 1.82) is 0 Å². The molecular formula is C7H16S3. The Labute approximate surface area is 77.3 Å². The highest BCUT2D eigenvalue weighted by Gasteiger charge is 2.30. The van der Waals surface area contributed by atoms with Crippen molar-refractivity contribution in [3.63, 3.8) is 0 Å². The van der Waals surface area contributed by atoms with Crippen molar-refractivity contribution in [3.8, 4) is 0 Å². The summed E-state index contributed by atoms with van der Waals surface area (Å²) in [5.41, 5.74) is 0. The van der Waals surface area contributed by atoms with Gasteiger partial charge in [0, 0.05) is 0 Å². The largest absolute Gasteiger partial charge is 0.137 e. The Bertz CT molecular complexity index is 78.6. The van der Waals surface area contributed by atoms with E-state index >= 15 is 0 Å². The first-order chi connectivity index (χ1) is 4.63. The van der Waals surface area contributed by atoms with Crippen molar-refractivity contribution in [2.24, 2.45) is 5.92 Å². The van der Waals surface area contributed by atoms with Gasteiger partial charge in [-0.15, -0.1) is 35.3 Å². The molecular weight excluding hydrogens is 180 g/mol. The third-order valence-electron chi connectivity index (χ3n) is 1.56. The van der Waals surface area contributed by atoms with Crippen molar-refractivity contribution in [2.45, 2.75) is 17.3 Å². The van der Waals surface area contributed by atoms with E-state index in [-0.39, 0.29) is 0 Å². The van der Waals surface area contributed by atoms with Crippen LogP contribution >= 0.6 is 35.3 Å². The summed E-state index contributed by atoms with van der Waals surface area (Å²) in [5, 5.41) is 0. The highest BCUT2D eigenvalue weighted by atomic mass is 32.3. The van der Waals surface area contributed by atoms with Gasteiger partial charge in [-0.25, -0.2) is 0 Å². The number of thioether (sulfide) groups is 3. The summed E-state index contributed by atoms with van der Waals surface area (Å²) in [6.45, 7) is 4.56. The van der Waals surface area contributed by atoms with Crippen LogP contribution in [0.1, 0.15) is 13.8 Å². The van der Waals surface area contributed by atoms with Crippen LogP contribution in [-0.4, -0.2) is 22.2 Å². The van der Waals surface area contributed by atoms with Crippen LogP contribution in [0.15, 0.2) is 0 Å². The van der Waals surface area contributed by atoms with Gasteiger partial charge in [0.1, 0.15) is 3.41 Å². The second kappa shape index (κ2) is 4.83. The van der Waals surface area contributed by atoms with E-state index in [0.29, 0.717) is 3.41 Å². The number of hydrogen-bond acceptors (Lipinski definition) is 3. The molecule has 0 N–H and O–H groups in total. The Morgan fingerprint density at radius 2 is 1.20 bits per heavy atom. The zero-order valence-electron chi connectivity index (χ0n) is 7.30. The lowest BCUT2D eigenvalue weighted by atomic mass is 10.3. The summed E-state index contributed by atoms with van der Waals surface area (Å²) < 4.78 is 0.375. The van der Waals surface area contributed by atoms with E-state index in [4.69, 9.17) is 0 Å². The van der Waals surface area contributed by atoms with Crippen LogP contribution in [0.3, 0.4) is 0 Å². The predicted octanol–water partition coefficient (Wildman–Crippen LogP) is 3.39. The van der Waals surface area contributed by atoms with Gasteiger partial charge >= 0.3 is 0 Å². The van der Waals surface area contributed by atoms with Crippen molar-refractivity contribution in [2.75, 3.05) is 18.8 Å². The molecule has 3 heteroatoms. The average molecular weight is 196 g/mol. The third kappa shape index (κ3) is 2.28. The molecule has 0 saturated carbocycles. The lowest BCUT2D eigenvalue weighted by molar-refractivity contribution is 0.693. The molecule has 0 amide bonds. The summed E-state index contributed by atoms with van der Waals surface area (Å²) in [6, 6.07) is 0. The zero-order chi connectivity index (χ0) is 8.20. The molecule has 0 aliphatic carbocycles. The van der Waals surface area contributed by atoms with Gasteiger partial charge in [-0.3, -0.25) is 0 Å². The topological polar surface area (TPSA) is 0 Å². The molecule has 0 fully saturated rings. The fraction of sp³-hybridized carbons (Fsp3) is 1.00. The molecule has 0 spiro atoms. The quantitative estimate of drug-likeness (QED) is 0.633. The first-order valence-electron chi connectivity index (χ1n) is 3.28. The standard InChI is InChI=1S/C7H16S3/c1-6(2)7(8-3,9-4)10-5/h6H,1-5H3. The summed E-state index contributed by atoms with van der Waals surface area (Å²) in [6.07, 6.45) is 6.56. The van der Waals surface area contributed by atoms with Gasteiger partial charge < -0.3 is 0 Å². The van der Waals surface area contributed by atoms with Crippen LogP contribution in [0, 0.1) is 5.92 Å². The van der Waals surface area contributed by atoms with Crippen LogP contribution < -0.4 is 0 Å². The van der Waals surface area contributed by atoms with Crippen LogP contribution in [0.2, 0.25) is 0 Å². The maximum absolute atomic E-state index is 2.28. The minimum atomic E-state index is 0.375. The molecule has 0 unspecified atom stereocenters. The second-order valence-electron chi connectivity index (χ2n) is 2.37. The maximum Gasteiger partial charge on any atom is 0.108 e. The van der Waals surface area contributed by atoms with E-state index in [1.165, 1.54) is 0 Å². The summed E-state index contributed by atoms with van der Waals surface area (Å²) in [7, 11) is 0. The van der Waals surface area contributed by atoms with Gasteiger partial charge in [-0.05, 0) is 24.7 Å². The van der Waals surface area contributed by atoms with Gasteiger partial charge in [-0.1, -0.05) is 13.8 Å². The maximum atomic E-state index is 2.28. The molecule has 0 radical (unpaired) electrons. The highest BCUT2D eigenvalue weighted by Crippen LogP contribution is 2.48. The first-order valence-corrected chi connectivity index (χ1v) is 6.95. The molecule has 0 nitrogen and oxygen atoms in total. The average Bonchev–Trinajstić information content (AvgIpc) is 1.92. The minimum Gasteiger partial charge on any atom is -0.137 e. The molecule has 0 heterocycles. The number of hydrogen-bond donors (Lipinski definition) is 0. The van der Waals surface area contributed by atoms with Crippen LogP contribution in [0.4, 0.5) is 0 Å². The Balaban J connectivity index is 4.15. The van der Waals surface area contributed by atoms with Crippen molar-refractivity contribution < 1.29 is 0 Å². The summed E-state index contributed by atoms with van der Waals surface area (Å²) in [5.74, 6) is 0.729. The normalized spacial score (nSPS) is 12.6. The summed E-state index contributed by atoms with van der Waals surface area (Å²) >= 11 is 5.85. The van der Waals surface area contributed by atoms with Gasteiger partial charge in [-0.2, -0.15) is 0 Å². The van der Waals surface area contributed by atoms with E-state index in [2.05, 4.69) is 32.6 Å². The van der Waals surface area contributed by atoms with Gasteiger partial charge in [0.15, 0.2) is 0 Å². The second-order valence-corrected chi connectivity index (χ2v) is 6.30. The summed E-state index contributed by atoms with van der Waals surface area (Å²) in [4.78, 5) is 0. The molecule has 0 aliphatic rings. The van der Waals surface area contributed by atoms with Gasteiger partial charge in [0.05, 0.1) is 0 Å². The fourth-order valence-electron chi connectivity index (χ4n) is 0.957. The molecule has 0 aliphatic heterocycles. The number of rotatable bonds is 4. The Hall–Kier alpha value is 1.05. The van der Waals surface area contributed by atoms with Crippen molar-refractivity contribution in [1.82, 2.24) is 0 Å². The molecule has 0 aromatic carbocycles. The Morgan fingerprint density at radius 1 is 0.900 bits per heavy atom. The fourth-order valence-corrected chi connectivity index (χ4v) is 4.37. The first kappa shape index (κ1) is 11.1. The molecule has 0 bridgehead atoms. The Kier molecular flexibility index (Phi) is 5.34. The predicted molar refractivity (Wildman–Crippen MR) is 58.1 cm³/mol. The molecule has 0 saturated heterocycles. The van der Waals surface area contributed by atoms with Crippen LogP contribution in [-0.2, 0) is 0 Å². The van der Waals surface area contributed by atoms with Gasteiger partial charge in [0.2, 0.25) is 0 Å². The smallest absolute Gasteiger partial charge is 0.108 e. The molecule has 0 rings (SSSR count). The molecule has 0 aromatic rings. The molecule has 62 valence electrons. The van der Waals surface area contributed by atoms with E-state index in [9.17, 15) is 0 Å². The van der Waals surface area contributed by atoms with E-state index in [1.807, 2.05) is 35.3 Å². The van der Waals surface area contributed by atoms with E-state index in [1.54, 1.807) is 0 Å². The van der Waals surface area contributed by atoms with Crippen molar-refractivity contribution in [3.05, 3.63) is 0 Å². The third-order valence-corrected chi connectivity index (χ3v) is 7.68. The molecule has 0 aromatic heterocycles. The lowest BCUT2D eigenvalue weighted by Crippen LogP contribution is -2.21. The van der Waals surface area contributed by atoms with Crippen LogP contribution in [0.25, 0.3) is 0 Å². The zero-order valence-corrected chi connectivity index (χ0v) is 9.75. The van der Waals surface area contributed by atoms with E-state index < -0.39 is 0 Å². The molecule has 10 heavy (non-hydrogen) atoms. The van der Waals surface area contributed by atoms with Crippen LogP contribution in [0.5, 0.6) is 0 Å². The Morgan fingerprint density at radius 3 is 1.20 bits per heavy atom. The SMILES string of the molecule is CSC(SC)(SC)C(C)C. The van der Waals surface area contributed by atoms with Crippen molar-refractivity contribution >= 4 is 35.3 Å². The highest BCUT2D eigenvalue weighted by molar-refractivity contribution is 8.33.